The fraction of sp³-hybridized carbons (Fsp3) is 0.300. The third kappa shape index (κ3) is 5.38. The van der Waals surface area contributed by atoms with Gasteiger partial charge in [-0.05, 0) is 36.3 Å². The van der Waals surface area contributed by atoms with Crippen LogP contribution in [-0.4, -0.2) is 31.1 Å². The highest BCUT2D eigenvalue weighted by atomic mass is 16.5. The molecule has 0 aliphatic carbocycles. The molecule has 0 bridgehead atoms. The van der Waals surface area contributed by atoms with Gasteiger partial charge in [0.25, 0.3) is 0 Å². The topological polar surface area (TPSA) is 12.5 Å². The van der Waals surface area contributed by atoms with Gasteiger partial charge in [0, 0.05) is 6.54 Å². The van der Waals surface area contributed by atoms with Gasteiger partial charge in [-0.3, -0.25) is 0 Å². The van der Waals surface area contributed by atoms with E-state index in [4.69, 9.17) is 4.74 Å². The van der Waals surface area contributed by atoms with Gasteiger partial charge in [-0.1, -0.05) is 68.5 Å². The summed E-state index contributed by atoms with van der Waals surface area (Å²) >= 11 is 0. The van der Waals surface area contributed by atoms with Gasteiger partial charge in [-0.25, -0.2) is 0 Å². The van der Waals surface area contributed by atoms with Crippen molar-refractivity contribution in [3.63, 3.8) is 0 Å². The van der Waals surface area contributed by atoms with Gasteiger partial charge in [0.15, 0.2) is 0 Å². The Morgan fingerprint density at radius 1 is 0.818 bits per heavy atom. The zero-order chi connectivity index (χ0) is 15.6. The first kappa shape index (κ1) is 16.3. The van der Waals surface area contributed by atoms with E-state index >= 15 is 0 Å². The van der Waals surface area contributed by atoms with Gasteiger partial charge in [0.2, 0.25) is 0 Å². The summed E-state index contributed by atoms with van der Waals surface area (Å²) in [5.74, 6) is 0.934. The minimum absolute atomic E-state index is 0.737. The Morgan fingerprint density at radius 2 is 1.41 bits per heavy atom. The SMILES string of the molecule is CCN(CC)CCOc1ccc(/C=C/c2ccccc2)cc1. The normalized spacial score (nSPS) is 11.2. The van der Waals surface area contributed by atoms with E-state index in [1.54, 1.807) is 0 Å². The third-order valence-corrected chi connectivity index (χ3v) is 3.72. The van der Waals surface area contributed by atoms with E-state index in [-0.39, 0.29) is 0 Å². The maximum atomic E-state index is 5.79. The molecule has 0 fully saturated rings. The van der Waals surface area contributed by atoms with Crippen molar-refractivity contribution in [2.24, 2.45) is 0 Å². The highest BCUT2D eigenvalue weighted by molar-refractivity contribution is 5.69. The lowest BCUT2D eigenvalue weighted by molar-refractivity contribution is 0.223. The number of ether oxygens (including phenoxy) is 1. The molecule has 0 atom stereocenters. The minimum atomic E-state index is 0.737. The summed E-state index contributed by atoms with van der Waals surface area (Å²) in [6.45, 7) is 8.21. The molecule has 0 saturated carbocycles. The lowest BCUT2D eigenvalue weighted by Crippen LogP contribution is -2.27. The number of rotatable bonds is 8. The van der Waals surface area contributed by atoms with Crippen LogP contribution in [0.25, 0.3) is 12.2 Å². The Morgan fingerprint density at radius 3 is 2.00 bits per heavy atom. The van der Waals surface area contributed by atoms with E-state index in [0.717, 1.165) is 32.0 Å². The van der Waals surface area contributed by atoms with Crippen LogP contribution in [-0.2, 0) is 0 Å². The van der Waals surface area contributed by atoms with Crippen LogP contribution in [0.5, 0.6) is 5.75 Å². The van der Waals surface area contributed by atoms with Crippen LogP contribution in [0.15, 0.2) is 54.6 Å². The van der Waals surface area contributed by atoms with E-state index in [1.165, 1.54) is 11.1 Å². The molecule has 0 heterocycles. The van der Waals surface area contributed by atoms with Crippen molar-refractivity contribution in [1.82, 2.24) is 4.90 Å². The van der Waals surface area contributed by atoms with E-state index < -0.39 is 0 Å². The molecule has 0 spiro atoms. The molecule has 2 aromatic carbocycles. The number of benzene rings is 2. The molecule has 116 valence electrons. The van der Waals surface area contributed by atoms with E-state index in [0.29, 0.717) is 0 Å². The summed E-state index contributed by atoms with van der Waals surface area (Å²) in [5.41, 5.74) is 2.39. The quantitative estimate of drug-likeness (QED) is 0.661. The Labute approximate surface area is 134 Å². The van der Waals surface area contributed by atoms with E-state index in [2.05, 4.69) is 55.2 Å². The molecule has 0 unspecified atom stereocenters. The van der Waals surface area contributed by atoms with Gasteiger partial charge in [-0.2, -0.15) is 0 Å². The third-order valence-electron chi connectivity index (χ3n) is 3.72. The fourth-order valence-corrected chi connectivity index (χ4v) is 2.26. The summed E-state index contributed by atoms with van der Waals surface area (Å²) in [6, 6.07) is 18.6. The number of nitrogens with zero attached hydrogens (tertiary/aromatic N) is 1. The van der Waals surface area contributed by atoms with Crippen LogP contribution in [0.1, 0.15) is 25.0 Å². The van der Waals surface area contributed by atoms with Crippen LogP contribution < -0.4 is 4.74 Å². The van der Waals surface area contributed by atoms with Gasteiger partial charge in [0.05, 0.1) is 0 Å². The van der Waals surface area contributed by atoms with Crippen molar-refractivity contribution in [1.29, 1.82) is 0 Å². The van der Waals surface area contributed by atoms with Crippen LogP contribution in [0, 0.1) is 0 Å². The summed E-state index contributed by atoms with van der Waals surface area (Å²) in [5, 5.41) is 0. The monoisotopic (exact) mass is 295 g/mol. The van der Waals surface area contributed by atoms with E-state index in [1.807, 2.05) is 30.3 Å². The largest absolute Gasteiger partial charge is 0.492 e. The second kappa shape index (κ2) is 9.06. The average molecular weight is 295 g/mol. The van der Waals surface area contributed by atoms with Gasteiger partial charge < -0.3 is 9.64 Å². The highest BCUT2D eigenvalue weighted by Crippen LogP contribution is 2.14. The molecular weight excluding hydrogens is 270 g/mol. The summed E-state index contributed by atoms with van der Waals surface area (Å²) in [6.07, 6.45) is 4.24. The number of hydrogen-bond acceptors (Lipinski definition) is 2. The molecule has 2 heteroatoms. The molecule has 2 rings (SSSR count). The summed E-state index contributed by atoms with van der Waals surface area (Å²) in [7, 11) is 0. The Kier molecular flexibility index (Phi) is 6.72. The zero-order valence-electron chi connectivity index (χ0n) is 13.5. The predicted molar refractivity (Wildman–Crippen MR) is 95.1 cm³/mol. The molecule has 0 aliphatic rings. The second-order valence-electron chi connectivity index (χ2n) is 5.19. The fourth-order valence-electron chi connectivity index (χ4n) is 2.26. The predicted octanol–water partition coefficient (Wildman–Crippen LogP) is 4.58. The van der Waals surface area contributed by atoms with Crippen molar-refractivity contribution in [3.05, 3.63) is 65.7 Å². The van der Waals surface area contributed by atoms with Crippen molar-refractivity contribution in [2.75, 3.05) is 26.2 Å². The van der Waals surface area contributed by atoms with Gasteiger partial charge in [0.1, 0.15) is 12.4 Å². The van der Waals surface area contributed by atoms with Crippen LogP contribution in [0.2, 0.25) is 0 Å². The van der Waals surface area contributed by atoms with Crippen molar-refractivity contribution >= 4 is 12.2 Å². The van der Waals surface area contributed by atoms with Crippen LogP contribution in [0.4, 0.5) is 0 Å². The number of likely N-dealkylation sites (N-methyl/N-ethyl adjacent to an activating group) is 1. The van der Waals surface area contributed by atoms with Crippen molar-refractivity contribution < 1.29 is 4.74 Å². The van der Waals surface area contributed by atoms with Crippen molar-refractivity contribution in [3.8, 4) is 5.75 Å². The Balaban J connectivity index is 1.84. The smallest absolute Gasteiger partial charge is 0.119 e. The first-order chi connectivity index (χ1) is 10.8. The molecule has 0 radical (unpaired) electrons. The van der Waals surface area contributed by atoms with Crippen molar-refractivity contribution in [2.45, 2.75) is 13.8 Å². The van der Waals surface area contributed by atoms with Crippen LogP contribution in [0.3, 0.4) is 0 Å². The Bertz CT molecular complexity index is 556. The summed E-state index contributed by atoms with van der Waals surface area (Å²) in [4.78, 5) is 2.36. The molecule has 0 aromatic heterocycles. The molecule has 0 amide bonds. The highest BCUT2D eigenvalue weighted by Gasteiger charge is 1.99. The summed E-state index contributed by atoms with van der Waals surface area (Å²) < 4.78 is 5.79. The Hall–Kier alpha value is -2.06. The first-order valence-electron chi connectivity index (χ1n) is 8.00. The molecule has 2 aromatic rings. The molecule has 2 nitrogen and oxygen atoms in total. The first-order valence-corrected chi connectivity index (χ1v) is 8.00. The molecule has 0 aliphatic heterocycles. The molecule has 0 saturated heterocycles. The average Bonchev–Trinajstić information content (AvgIpc) is 2.59. The van der Waals surface area contributed by atoms with Gasteiger partial charge >= 0.3 is 0 Å². The van der Waals surface area contributed by atoms with E-state index in [9.17, 15) is 0 Å². The minimum Gasteiger partial charge on any atom is -0.492 e. The standard InChI is InChI=1S/C20H25NO/c1-3-21(4-2)16-17-22-20-14-12-19(13-15-20)11-10-18-8-6-5-7-9-18/h5-15H,3-4,16-17H2,1-2H3/b11-10+. The van der Waals surface area contributed by atoms with Gasteiger partial charge in [-0.15, -0.1) is 0 Å². The molecule has 0 N–H and O–H groups in total. The van der Waals surface area contributed by atoms with Crippen LogP contribution >= 0.6 is 0 Å². The molecule has 22 heavy (non-hydrogen) atoms. The zero-order valence-corrected chi connectivity index (χ0v) is 13.5. The second-order valence-corrected chi connectivity index (χ2v) is 5.19. The lowest BCUT2D eigenvalue weighted by Gasteiger charge is -2.17. The number of hydrogen-bond donors (Lipinski definition) is 0. The lowest BCUT2D eigenvalue weighted by atomic mass is 10.1. The maximum Gasteiger partial charge on any atom is 0.119 e. The maximum absolute atomic E-state index is 5.79. The molecular formula is C20H25NO.